The van der Waals surface area contributed by atoms with Gasteiger partial charge < -0.3 is 9.30 Å². The molecule has 120 valence electrons. The Hall–Kier alpha value is -2.88. The number of aryl methyl sites for hydroxylation is 3. The zero-order chi connectivity index (χ0) is 16.8. The molecule has 23 heavy (non-hydrogen) atoms. The first-order valence-corrected chi connectivity index (χ1v) is 7.32. The molecule has 7 nitrogen and oxygen atoms in total. The lowest BCUT2D eigenvalue weighted by Crippen LogP contribution is -2.28. The van der Waals surface area contributed by atoms with E-state index in [0.29, 0.717) is 13.1 Å². The lowest BCUT2D eigenvalue weighted by atomic mass is 10.1. The SMILES string of the molecule is CCOC(=O)Cc1c(C#N)ccn(CCn2cc(C)cn2)c1=O. The molecule has 0 aliphatic heterocycles. The second kappa shape index (κ2) is 7.40. The van der Waals surface area contributed by atoms with Crippen LogP contribution in [0.1, 0.15) is 23.6 Å². The molecule has 0 aliphatic carbocycles. The van der Waals surface area contributed by atoms with Crippen LogP contribution in [-0.2, 0) is 29.0 Å². The van der Waals surface area contributed by atoms with Crippen LogP contribution >= 0.6 is 0 Å². The number of aromatic nitrogens is 3. The molecule has 0 N–H and O–H groups in total. The predicted octanol–water partition coefficient (Wildman–Crippen LogP) is 1.03. The third-order valence-corrected chi connectivity index (χ3v) is 3.34. The average Bonchev–Trinajstić information content (AvgIpc) is 2.94. The minimum atomic E-state index is -0.512. The highest BCUT2D eigenvalue weighted by atomic mass is 16.5. The molecular weight excluding hydrogens is 296 g/mol. The highest BCUT2D eigenvalue weighted by Gasteiger charge is 2.15. The van der Waals surface area contributed by atoms with E-state index in [-0.39, 0.29) is 29.7 Å². The number of hydrogen-bond donors (Lipinski definition) is 0. The minimum absolute atomic E-state index is 0.171. The maximum absolute atomic E-state index is 12.5. The summed E-state index contributed by atoms with van der Waals surface area (Å²) in [6.45, 7) is 4.80. The van der Waals surface area contributed by atoms with Crippen LogP contribution in [0.3, 0.4) is 0 Å². The summed E-state index contributed by atoms with van der Waals surface area (Å²) < 4.78 is 8.08. The first-order chi connectivity index (χ1) is 11.0. The van der Waals surface area contributed by atoms with Crippen LogP contribution in [0.4, 0.5) is 0 Å². The Balaban J connectivity index is 2.22. The van der Waals surface area contributed by atoms with E-state index in [4.69, 9.17) is 10.00 Å². The Kier molecular flexibility index (Phi) is 5.31. The molecule has 0 atom stereocenters. The van der Waals surface area contributed by atoms with E-state index >= 15 is 0 Å². The standard InChI is InChI=1S/C16H18N4O3/c1-3-23-15(21)8-14-13(9-17)4-5-19(16(14)22)6-7-20-11-12(2)10-18-20/h4-5,10-11H,3,6-8H2,1-2H3. The van der Waals surface area contributed by atoms with Crippen LogP contribution in [0.15, 0.2) is 29.5 Å². The largest absolute Gasteiger partial charge is 0.466 e. The summed E-state index contributed by atoms with van der Waals surface area (Å²) >= 11 is 0. The number of rotatable bonds is 6. The van der Waals surface area contributed by atoms with E-state index in [2.05, 4.69) is 5.10 Å². The molecule has 2 heterocycles. The summed E-state index contributed by atoms with van der Waals surface area (Å²) in [5, 5.41) is 13.3. The minimum Gasteiger partial charge on any atom is -0.466 e. The third-order valence-electron chi connectivity index (χ3n) is 3.34. The number of carbonyl (C=O) groups excluding carboxylic acids is 1. The van der Waals surface area contributed by atoms with Gasteiger partial charge in [-0.3, -0.25) is 14.3 Å². The fraction of sp³-hybridized carbons (Fsp3) is 0.375. The summed E-state index contributed by atoms with van der Waals surface area (Å²) in [5.74, 6) is -0.512. The highest BCUT2D eigenvalue weighted by molar-refractivity contribution is 5.73. The fourth-order valence-corrected chi connectivity index (χ4v) is 2.23. The molecule has 0 saturated carbocycles. The molecule has 2 rings (SSSR count). The smallest absolute Gasteiger partial charge is 0.310 e. The number of pyridine rings is 1. The Labute approximate surface area is 133 Å². The quantitative estimate of drug-likeness (QED) is 0.743. The summed E-state index contributed by atoms with van der Waals surface area (Å²) in [5.41, 5.74) is 1.07. The van der Waals surface area contributed by atoms with Crippen LogP contribution in [0.2, 0.25) is 0 Å². The Morgan fingerprint density at radius 3 is 2.83 bits per heavy atom. The third kappa shape index (κ3) is 4.07. The highest BCUT2D eigenvalue weighted by Crippen LogP contribution is 2.05. The molecule has 2 aromatic rings. The average molecular weight is 314 g/mol. The van der Waals surface area contributed by atoms with Gasteiger partial charge in [-0.1, -0.05) is 0 Å². The number of hydrogen-bond acceptors (Lipinski definition) is 5. The van der Waals surface area contributed by atoms with E-state index < -0.39 is 5.97 Å². The first-order valence-electron chi connectivity index (χ1n) is 7.32. The molecule has 0 amide bonds. The fourth-order valence-electron chi connectivity index (χ4n) is 2.23. The monoisotopic (exact) mass is 314 g/mol. The second-order valence-corrected chi connectivity index (χ2v) is 5.08. The topological polar surface area (TPSA) is 89.9 Å². The van der Waals surface area contributed by atoms with Crippen LogP contribution in [0.5, 0.6) is 0 Å². The molecule has 0 aliphatic rings. The van der Waals surface area contributed by atoms with Crippen LogP contribution in [0, 0.1) is 18.3 Å². The zero-order valence-electron chi connectivity index (χ0n) is 13.2. The van der Waals surface area contributed by atoms with Gasteiger partial charge in [0.1, 0.15) is 0 Å². The van der Waals surface area contributed by atoms with E-state index in [9.17, 15) is 9.59 Å². The van der Waals surface area contributed by atoms with Gasteiger partial charge in [0.05, 0.1) is 37.4 Å². The van der Waals surface area contributed by atoms with Gasteiger partial charge in [0.15, 0.2) is 0 Å². The summed E-state index contributed by atoms with van der Waals surface area (Å²) in [6, 6.07) is 3.50. The van der Waals surface area contributed by atoms with Crippen molar-refractivity contribution in [3.8, 4) is 6.07 Å². The van der Waals surface area contributed by atoms with Crippen molar-refractivity contribution in [2.24, 2.45) is 0 Å². The molecular formula is C16H18N4O3. The number of carbonyl (C=O) groups is 1. The van der Waals surface area contributed by atoms with E-state index in [1.54, 1.807) is 30.1 Å². The first kappa shape index (κ1) is 16.5. The Bertz CT molecular complexity index is 798. The maximum atomic E-state index is 12.5. The van der Waals surface area contributed by atoms with Crippen molar-refractivity contribution in [3.05, 3.63) is 51.7 Å². The molecule has 0 bridgehead atoms. The van der Waals surface area contributed by atoms with Gasteiger partial charge in [-0.2, -0.15) is 10.4 Å². The molecule has 7 heteroatoms. The van der Waals surface area contributed by atoms with E-state index in [1.165, 1.54) is 4.57 Å². The molecule has 0 saturated heterocycles. The van der Waals surface area contributed by atoms with Crippen molar-refractivity contribution in [1.82, 2.24) is 14.3 Å². The zero-order valence-corrected chi connectivity index (χ0v) is 13.2. The van der Waals surface area contributed by atoms with Gasteiger partial charge in [0.25, 0.3) is 5.56 Å². The summed E-state index contributed by atoms with van der Waals surface area (Å²) in [4.78, 5) is 24.1. The number of ether oxygens (including phenoxy) is 1. The molecule has 0 fully saturated rings. The van der Waals surface area contributed by atoms with Crippen molar-refractivity contribution in [3.63, 3.8) is 0 Å². The van der Waals surface area contributed by atoms with Crippen molar-refractivity contribution in [2.75, 3.05) is 6.61 Å². The van der Waals surface area contributed by atoms with Gasteiger partial charge in [0.2, 0.25) is 0 Å². The van der Waals surface area contributed by atoms with Crippen molar-refractivity contribution >= 4 is 5.97 Å². The van der Waals surface area contributed by atoms with Gasteiger partial charge in [0, 0.05) is 24.5 Å². The molecule has 0 unspecified atom stereocenters. The van der Waals surface area contributed by atoms with Crippen LogP contribution in [0.25, 0.3) is 0 Å². The van der Waals surface area contributed by atoms with Gasteiger partial charge in [-0.15, -0.1) is 0 Å². The van der Waals surface area contributed by atoms with Crippen molar-refractivity contribution < 1.29 is 9.53 Å². The lowest BCUT2D eigenvalue weighted by Gasteiger charge is -2.09. The van der Waals surface area contributed by atoms with E-state index in [1.807, 2.05) is 19.2 Å². The lowest BCUT2D eigenvalue weighted by molar-refractivity contribution is -0.142. The molecule has 0 spiro atoms. The Morgan fingerprint density at radius 2 is 2.22 bits per heavy atom. The number of esters is 1. The van der Waals surface area contributed by atoms with Crippen LogP contribution < -0.4 is 5.56 Å². The molecule has 0 radical (unpaired) electrons. The predicted molar refractivity (Wildman–Crippen MR) is 82.7 cm³/mol. The molecule has 2 aromatic heterocycles. The van der Waals surface area contributed by atoms with Gasteiger partial charge >= 0.3 is 5.97 Å². The van der Waals surface area contributed by atoms with Crippen molar-refractivity contribution in [1.29, 1.82) is 5.26 Å². The summed E-state index contributed by atoms with van der Waals surface area (Å²) in [6.07, 6.45) is 4.99. The number of nitrogens with zero attached hydrogens (tertiary/aromatic N) is 4. The Morgan fingerprint density at radius 1 is 1.43 bits per heavy atom. The second-order valence-electron chi connectivity index (χ2n) is 5.08. The molecule has 0 aromatic carbocycles. The number of nitriles is 1. The van der Waals surface area contributed by atoms with Crippen LogP contribution in [-0.4, -0.2) is 26.9 Å². The van der Waals surface area contributed by atoms with Gasteiger partial charge in [-0.25, -0.2) is 0 Å². The normalized spacial score (nSPS) is 10.3. The van der Waals surface area contributed by atoms with E-state index in [0.717, 1.165) is 5.56 Å². The maximum Gasteiger partial charge on any atom is 0.310 e. The summed E-state index contributed by atoms with van der Waals surface area (Å²) in [7, 11) is 0. The van der Waals surface area contributed by atoms with Gasteiger partial charge in [-0.05, 0) is 25.5 Å². The van der Waals surface area contributed by atoms with Crippen molar-refractivity contribution in [2.45, 2.75) is 33.4 Å².